The third-order valence-electron chi connectivity index (χ3n) is 3.18. The van der Waals surface area contributed by atoms with Gasteiger partial charge in [-0.25, -0.2) is 0 Å². The smallest absolute Gasteiger partial charge is 0.267 e. The Morgan fingerprint density at radius 2 is 2.21 bits per heavy atom. The van der Waals surface area contributed by atoms with Gasteiger partial charge in [0.15, 0.2) is 0 Å². The molecule has 108 valence electrons. The summed E-state index contributed by atoms with van der Waals surface area (Å²) in [5.74, 6) is -0.0513. The summed E-state index contributed by atoms with van der Waals surface area (Å²) in [6.45, 7) is 7.77. The van der Waals surface area contributed by atoms with Gasteiger partial charge in [0.25, 0.3) is 5.91 Å². The lowest BCUT2D eigenvalue weighted by Gasteiger charge is -2.24. The van der Waals surface area contributed by atoms with E-state index in [-0.39, 0.29) is 17.9 Å². The highest BCUT2D eigenvalue weighted by molar-refractivity contribution is 9.10. The molecule has 0 spiro atoms. The van der Waals surface area contributed by atoms with E-state index in [0.717, 1.165) is 23.9 Å². The fourth-order valence-electron chi connectivity index (χ4n) is 1.98. The number of carbonyl (C=O) groups is 1. The standard InChI is InChI=1S/C14H23BrN2O2/c1-4-17-9-11(15)8-12(17)13(19)16-10-14(2,3)6-5-7-18/h8-9,18H,4-7,10H2,1-3H3,(H,16,19). The highest BCUT2D eigenvalue weighted by Gasteiger charge is 2.20. The van der Waals surface area contributed by atoms with Crippen LogP contribution in [0.4, 0.5) is 0 Å². The molecule has 0 fully saturated rings. The van der Waals surface area contributed by atoms with E-state index in [4.69, 9.17) is 5.11 Å². The zero-order chi connectivity index (χ0) is 14.5. The molecule has 0 aliphatic heterocycles. The number of rotatable bonds is 7. The molecule has 0 aliphatic carbocycles. The second-order valence-corrected chi connectivity index (χ2v) is 6.42. The molecule has 1 aromatic heterocycles. The Kier molecular flexibility index (Phi) is 6.07. The number of amides is 1. The summed E-state index contributed by atoms with van der Waals surface area (Å²) in [7, 11) is 0. The maximum atomic E-state index is 12.2. The molecule has 0 atom stereocenters. The highest BCUT2D eigenvalue weighted by atomic mass is 79.9. The van der Waals surface area contributed by atoms with Gasteiger partial charge in [0.05, 0.1) is 0 Å². The normalized spacial score (nSPS) is 11.6. The van der Waals surface area contributed by atoms with Crippen molar-refractivity contribution in [1.29, 1.82) is 0 Å². The molecule has 1 amide bonds. The van der Waals surface area contributed by atoms with E-state index in [9.17, 15) is 4.79 Å². The lowest BCUT2D eigenvalue weighted by Crippen LogP contribution is -2.35. The number of halogens is 1. The maximum Gasteiger partial charge on any atom is 0.267 e. The fraction of sp³-hybridized carbons (Fsp3) is 0.643. The van der Waals surface area contributed by atoms with Crippen LogP contribution in [-0.4, -0.2) is 28.7 Å². The van der Waals surface area contributed by atoms with Crippen LogP contribution >= 0.6 is 15.9 Å². The molecule has 19 heavy (non-hydrogen) atoms. The summed E-state index contributed by atoms with van der Waals surface area (Å²) in [5.41, 5.74) is 0.673. The van der Waals surface area contributed by atoms with Gasteiger partial charge in [-0.2, -0.15) is 0 Å². The SMILES string of the molecule is CCn1cc(Br)cc1C(=O)NCC(C)(C)CCCO. The van der Waals surface area contributed by atoms with Crippen LogP contribution in [0.5, 0.6) is 0 Å². The first-order valence-corrected chi connectivity index (χ1v) is 7.43. The first-order valence-electron chi connectivity index (χ1n) is 6.64. The van der Waals surface area contributed by atoms with Crippen LogP contribution in [0.25, 0.3) is 0 Å². The van der Waals surface area contributed by atoms with Crippen molar-refractivity contribution in [3.05, 3.63) is 22.4 Å². The summed E-state index contributed by atoms with van der Waals surface area (Å²) in [5, 5.41) is 11.8. The summed E-state index contributed by atoms with van der Waals surface area (Å²) >= 11 is 3.39. The molecule has 1 aromatic rings. The zero-order valence-electron chi connectivity index (χ0n) is 11.9. The van der Waals surface area contributed by atoms with Crippen molar-refractivity contribution in [3.63, 3.8) is 0 Å². The molecule has 0 unspecified atom stereocenters. The molecule has 2 N–H and O–H groups in total. The second kappa shape index (κ2) is 7.10. The molecule has 1 rings (SSSR count). The van der Waals surface area contributed by atoms with Crippen molar-refractivity contribution in [2.24, 2.45) is 5.41 Å². The molecular weight excluding hydrogens is 308 g/mol. The number of nitrogens with one attached hydrogen (secondary N) is 1. The van der Waals surface area contributed by atoms with Gasteiger partial charge in [-0.05, 0) is 47.2 Å². The first kappa shape index (κ1) is 16.2. The van der Waals surface area contributed by atoms with E-state index in [2.05, 4.69) is 35.1 Å². The van der Waals surface area contributed by atoms with Crippen LogP contribution in [0.1, 0.15) is 44.1 Å². The minimum atomic E-state index is -0.0513. The van der Waals surface area contributed by atoms with Gasteiger partial charge >= 0.3 is 0 Å². The summed E-state index contributed by atoms with van der Waals surface area (Å²) in [6, 6.07) is 1.83. The molecule has 5 heteroatoms. The van der Waals surface area contributed by atoms with Crippen molar-refractivity contribution < 1.29 is 9.90 Å². The summed E-state index contributed by atoms with van der Waals surface area (Å²) in [4.78, 5) is 12.2. The number of aromatic nitrogens is 1. The van der Waals surface area contributed by atoms with Gasteiger partial charge in [-0.15, -0.1) is 0 Å². The van der Waals surface area contributed by atoms with Crippen molar-refractivity contribution >= 4 is 21.8 Å². The number of nitrogens with zero attached hydrogens (tertiary/aromatic N) is 1. The Hall–Kier alpha value is -0.810. The van der Waals surface area contributed by atoms with E-state index in [1.165, 1.54) is 0 Å². The number of aryl methyl sites for hydroxylation is 1. The Morgan fingerprint density at radius 1 is 1.53 bits per heavy atom. The number of carbonyl (C=O) groups excluding carboxylic acids is 1. The van der Waals surface area contributed by atoms with E-state index < -0.39 is 0 Å². The van der Waals surface area contributed by atoms with Crippen molar-refractivity contribution in [3.8, 4) is 0 Å². The van der Waals surface area contributed by atoms with E-state index >= 15 is 0 Å². The van der Waals surface area contributed by atoms with Gasteiger partial charge in [0.2, 0.25) is 0 Å². The molecule has 0 saturated carbocycles. The van der Waals surface area contributed by atoms with Crippen molar-refractivity contribution in [2.75, 3.05) is 13.2 Å². The van der Waals surface area contributed by atoms with E-state index in [1.807, 2.05) is 23.8 Å². The first-order chi connectivity index (χ1) is 8.89. The predicted octanol–water partition coefficient (Wildman–Crippen LogP) is 2.80. The minimum absolute atomic E-state index is 0.000734. The maximum absolute atomic E-state index is 12.2. The van der Waals surface area contributed by atoms with Crippen molar-refractivity contribution in [2.45, 2.75) is 40.2 Å². The molecule has 1 heterocycles. The molecule has 4 nitrogen and oxygen atoms in total. The van der Waals surface area contributed by atoms with Crippen molar-refractivity contribution in [1.82, 2.24) is 9.88 Å². The van der Waals surface area contributed by atoms with Gasteiger partial charge in [0, 0.05) is 30.4 Å². The molecule has 0 radical (unpaired) electrons. The lowest BCUT2D eigenvalue weighted by atomic mass is 9.88. The summed E-state index contributed by atoms with van der Waals surface area (Å²) in [6.07, 6.45) is 3.56. The minimum Gasteiger partial charge on any atom is -0.396 e. The number of hydrogen-bond donors (Lipinski definition) is 2. The average Bonchev–Trinajstić information content (AvgIpc) is 2.75. The van der Waals surface area contributed by atoms with Crippen LogP contribution in [-0.2, 0) is 6.54 Å². The molecule has 0 aliphatic rings. The third-order valence-corrected chi connectivity index (χ3v) is 3.61. The van der Waals surface area contributed by atoms with Crippen LogP contribution in [0.15, 0.2) is 16.7 Å². The molecule has 0 saturated heterocycles. The fourth-order valence-corrected chi connectivity index (χ4v) is 2.45. The summed E-state index contributed by atoms with van der Waals surface area (Å²) < 4.78 is 2.83. The molecular formula is C14H23BrN2O2. The van der Waals surface area contributed by atoms with Crippen LogP contribution in [0, 0.1) is 5.41 Å². The number of hydrogen-bond acceptors (Lipinski definition) is 2. The molecule has 0 aromatic carbocycles. The Balaban J connectivity index is 2.60. The topological polar surface area (TPSA) is 54.3 Å². The van der Waals surface area contributed by atoms with E-state index in [1.54, 1.807) is 0 Å². The number of aliphatic hydroxyl groups excluding tert-OH is 1. The largest absolute Gasteiger partial charge is 0.396 e. The molecule has 0 bridgehead atoms. The third kappa shape index (κ3) is 4.99. The zero-order valence-corrected chi connectivity index (χ0v) is 13.5. The quantitative estimate of drug-likeness (QED) is 0.807. The van der Waals surface area contributed by atoms with Gasteiger partial charge < -0.3 is 15.0 Å². The second-order valence-electron chi connectivity index (χ2n) is 5.50. The van der Waals surface area contributed by atoms with Crippen LogP contribution in [0.3, 0.4) is 0 Å². The lowest BCUT2D eigenvalue weighted by molar-refractivity contribution is 0.0923. The average molecular weight is 331 g/mol. The van der Waals surface area contributed by atoms with Gasteiger partial charge in [0.1, 0.15) is 5.69 Å². The van der Waals surface area contributed by atoms with Crippen LogP contribution < -0.4 is 5.32 Å². The Morgan fingerprint density at radius 3 is 2.79 bits per heavy atom. The highest BCUT2D eigenvalue weighted by Crippen LogP contribution is 2.21. The van der Waals surface area contributed by atoms with Crippen LogP contribution in [0.2, 0.25) is 0 Å². The predicted molar refractivity (Wildman–Crippen MR) is 80.2 cm³/mol. The van der Waals surface area contributed by atoms with E-state index in [0.29, 0.717) is 12.2 Å². The monoisotopic (exact) mass is 330 g/mol. The van der Waals surface area contributed by atoms with Gasteiger partial charge in [-0.3, -0.25) is 4.79 Å². The Labute approximate surface area is 123 Å². The Bertz CT molecular complexity index is 427. The van der Waals surface area contributed by atoms with Gasteiger partial charge in [-0.1, -0.05) is 13.8 Å². The number of aliphatic hydroxyl groups is 1.